The van der Waals surface area contributed by atoms with Crippen LogP contribution in [-0.4, -0.2) is 65.5 Å². The van der Waals surface area contributed by atoms with Crippen molar-refractivity contribution in [3.8, 4) is 0 Å². The monoisotopic (exact) mass is 387 g/mol. The van der Waals surface area contributed by atoms with Crippen LogP contribution >= 0.6 is 0 Å². The van der Waals surface area contributed by atoms with E-state index in [1.165, 1.54) is 0 Å². The zero-order chi connectivity index (χ0) is 20.1. The number of carbonyl (C=O) groups excluding carboxylic acids is 2. The number of hydrogen-bond donors (Lipinski definition) is 2. The summed E-state index contributed by atoms with van der Waals surface area (Å²) < 4.78 is 0. The zero-order valence-corrected chi connectivity index (χ0v) is 16.4. The first-order valence-corrected chi connectivity index (χ1v) is 10.1. The predicted molar refractivity (Wildman–Crippen MR) is 105 cm³/mol. The van der Waals surface area contributed by atoms with Gasteiger partial charge in [0.15, 0.2) is 0 Å². The Morgan fingerprint density at radius 1 is 1.04 bits per heavy atom. The Bertz CT molecular complexity index is 705. The number of aryl methyl sites for hydroxylation is 1. The third-order valence-electron chi connectivity index (χ3n) is 5.77. The lowest BCUT2D eigenvalue weighted by molar-refractivity contribution is -0.138. The molecule has 0 aromatic heterocycles. The summed E-state index contributed by atoms with van der Waals surface area (Å²) in [5, 5.41) is 12.3. The number of carbonyl (C=O) groups is 3. The molecule has 2 saturated heterocycles. The van der Waals surface area contributed by atoms with Crippen molar-refractivity contribution in [2.75, 3.05) is 32.7 Å². The van der Waals surface area contributed by atoms with Gasteiger partial charge in [0.2, 0.25) is 5.91 Å². The highest BCUT2D eigenvalue weighted by molar-refractivity contribution is 5.82. The molecule has 7 heteroatoms. The smallest absolute Gasteiger partial charge is 0.319 e. The Hall–Kier alpha value is -2.57. The van der Waals surface area contributed by atoms with Crippen LogP contribution in [0.25, 0.3) is 0 Å². The molecule has 0 radical (unpaired) electrons. The number of amides is 3. The second kappa shape index (κ2) is 9.08. The summed E-state index contributed by atoms with van der Waals surface area (Å²) in [5.74, 6) is -2.00. The van der Waals surface area contributed by atoms with Gasteiger partial charge in [0, 0.05) is 38.6 Å². The van der Waals surface area contributed by atoms with E-state index in [2.05, 4.69) is 5.32 Å². The molecule has 28 heavy (non-hydrogen) atoms. The Balaban J connectivity index is 1.48. The third-order valence-corrected chi connectivity index (χ3v) is 5.77. The number of rotatable bonds is 5. The number of carboxylic acid groups (broad SMARTS) is 1. The standard InChI is InChI=1S/C21H29N3O4/c1-15-4-6-16(7-5-15)18(20(26)27)14-22-19(25)17-8-12-24(13-9-17)21(28)23-10-2-3-11-23/h4-7,17-18H,2-3,8-14H2,1H3,(H,22,25)(H,26,27). The van der Waals surface area contributed by atoms with Crippen LogP contribution in [0.15, 0.2) is 24.3 Å². The van der Waals surface area contributed by atoms with E-state index in [0.717, 1.165) is 31.5 Å². The summed E-state index contributed by atoms with van der Waals surface area (Å²) >= 11 is 0. The van der Waals surface area contributed by atoms with Crippen molar-refractivity contribution in [3.63, 3.8) is 0 Å². The molecule has 1 unspecified atom stereocenters. The first kappa shape index (κ1) is 20.2. The van der Waals surface area contributed by atoms with Gasteiger partial charge in [-0.05, 0) is 38.2 Å². The molecule has 1 aromatic carbocycles. The van der Waals surface area contributed by atoms with Gasteiger partial charge in [-0.15, -0.1) is 0 Å². The summed E-state index contributed by atoms with van der Waals surface area (Å²) in [6, 6.07) is 7.42. The largest absolute Gasteiger partial charge is 0.481 e. The predicted octanol–water partition coefficient (Wildman–Crippen LogP) is 2.21. The molecular weight excluding hydrogens is 358 g/mol. The molecule has 0 saturated carbocycles. The van der Waals surface area contributed by atoms with Crippen molar-refractivity contribution in [1.82, 2.24) is 15.1 Å². The minimum atomic E-state index is -0.949. The molecule has 1 aromatic rings. The van der Waals surface area contributed by atoms with Gasteiger partial charge >= 0.3 is 12.0 Å². The topological polar surface area (TPSA) is 90.0 Å². The SMILES string of the molecule is Cc1ccc(C(CNC(=O)C2CCN(C(=O)N3CCCC3)CC2)C(=O)O)cc1. The van der Waals surface area contributed by atoms with Crippen molar-refractivity contribution in [2.45, 2.75) is 38.5 Å². The number of hydrogen-bond acceptors (Lipinski definition) is 3. The fourth-order valence-electron chi connectivity index (χ4n) is 3.93. The van der Waals surface area contributed by atoms with Gasteiger partial charge in [-0.1, -0.05) is 29.8 Å². The summed E-state index contributed by atoms with van der Waals surface area (Å²) in [5.41, 5.74) is 1.75. The van der Waals surface area contributed by atoms with Crippen LogP contribution in [0.3, 0.4) is 0 Å². The lowest BCUT2D eigenvalue weighted by Crippen LogP contribution is -2.48. The first-order valence-electron chi connectivity index (χ1n) is 10.1. The maximum absolute atomic E-state index is 12.5. The average Bonchev–Trinajstić information content (AvgIpc) is 3.23. The molecular formula is C21H29N3O4. The molecule has 2 fully saturated rings. The van der Waals surface area contributed by atoms with Crippen LogP contribution in [0.2, 0.25) is 0 Å². The molecule has 2 N–H and O–H groups in total. The Labute approximate surface area is 165 Å². The summed E-state index contributed by atoms with van der Waals surface area (Å²) in [6.07, 6.45) is 3.37. The first-order chi connectivity index (χ1) is 13.5. The maximum Gasteiger partial charge on any atom is 0.319 e. The minimum absolute atomic E-state index is 0.0736. The van der Waals surface area contributed by atoms with E-state index in [1.54, 1.807) is 12.1 Å². The molecule has 2 aliphatic heterocycles. The Morgan fingerprint density at radius 3 is 2.18 bits per heavy atom. The summed E-state index contributed by atoms with van der Waals surface area (Å²) in [4.78, 5) is 40.3. The molecule has 1 atom stereocenters. The van der Waals surface area contributed by atoms with Gasteiger partial charge in [-0.2, -0.15) is 0 Å². The van der Waals surface area contributed by atoms with E-state index in [1.807, 2.05) is 28.9 Å². The lowest BCUT2D eigenvalue weighted by Gasteiger charge is -2.34. The quantitative estimate of drug-likeness (QED) is 0.811. The molecule has 2 heterocycles. The van der Waals surface area contributed by atoms with Crippen LogP contribution in [0.5, 0.6) is 0 Å². The highest BCUT2D eigenvalue weighted by Gasteiger charge is 2.31. The number of benzene rings is 1. The Morgan fingerprint density at radius 2 is 1.61 bits per heavy atom. The molecule has 0 bridgehead atoms. The highest BCUT2D eigenvalue weighted by Crippen LogP contribution is 2.21. The van der Waals surface area contributed by atoms with E-state index in [0.29, 0.717) is 31.5 Å². The van der Waals surface area contributed by atoms with Crippen LogP contribution in [0.1, 0.15) is 42.7 Å². The van der Waals surface area contributed by atoms with Gasteiger partial charge < -0.3 is 20.2 Å². The van der Waals surface area contributed by atoms with Crippen LogP contribution in [0.4, 0.5) is 4.79 Å². The molecule has 3 amide bonds. The van der Waals surface area contributed by atoms with E-state index < -0.39 is 11.9 Å². The van der Waals surface area contributed by atoms with Crippen molar-refractivity contribution < 1.29 is 19.5 Å². The third kappa shape index (κ3) is 4.82. The number of carboxylic acids is 1. The second-order valence-corrected chi connectivity index (χ2v) is 7.78. The number of likely N-dealkylation sites (tertiary alicyclic amines) is 2. The second-order valence-electron chi connectivity index (χ2n) is 7.78. The molecule has 3 rings (SSSR count). The minimum Gasteiger partial charge on any atom is -0.481 e. The van der Waals surface area contributed by atoms with E-state index in [-0.39, 0.29) is 24.4 Å². The van der Waals surface area contributed by atoms with Crippen LogP contribution < -0.4 is 5.32 Å². The fourth-order valence-corrected chi connectivity index (χ4v) is 3.93. The zero-order valence-electron chi connectivity index (χ0n) is 16.4. The summed E-state index contributed by atoms with van der Waals surface area (Å²) in [6.45, 7) is 4.83. The lowest BCUT2D eigenvalue weighted by atomic mass is 9.94. The Kier molecular flexibility index (Phi) is 6.54. The molecule has 7 nitrogen and oxygen atoms in total. The highest BCUT2D eigenvalue weighted by atomic mass is 16.4. The molecule has 2 aliphatic rings. The molecule has 0 aliphatic carbocycles. The van der Waals surface area contributed by atoms with Gasteiger partial charge in [0.05, 0.1) is 5.92 Å². The van der Waals surface area contributed by atoms with Crippen LogP contribution in [0, 0.1) is 12.8 Å². The van der Waals surface area contributed by atoms with E-state index in [4.69, 9.17) is 0 Å². The maximum atomic E-state index is 12.5. The fraction of sp³-hybridized carbons (Fsp3) is 0.571. The number of aliphatic carboxylic acids is 1. The van der Waals surface area contributed by atoms with E-state index >= 15 is 0 Å². The number of urea groups is 1. The molecule has 0 spiro atoms. The van der Waals surface area contributed by atoms with Crippen molar-refractivity contribution in [2.24, 2.45) is 5.92 Å². The average molecular weight is 387 g/mol. The van der Waals surface area contributed by atoms with Gasteiger partial charge in [-0.3, -0.25) is 9.59 Å². The van der Waals surface area contributed by atoms with Crippen molar-refractivity contribution in [3.05, 3.63) is 35.4 Å². The normalized spacial score (nSPS) is 18.8. The molecule has 152 valence electrons. The van der Waals surface area contributed by atoms with Crippen molar-refractivity contribution >= 4 is 17.9 Å². The number of nitrogens with one attached hydrogen (secondary N) is 1. The van der Waals surface area contributed by atoms with Gasteiger partial charge in [-0.25, -0.2) is 4.79 Å². The van der Waals surface area contributed by atoms with Gasteiger partial charge in [0.25, 0.3) is 0 Å². The summed E-state index contributed by atoms with van der Waals surface area (Å²) in [7, 11) is 0. The number of piperidine rings is 1. The van der Waals surface area contributed by atoms with Gasteiger partial charge in [0.1, 0.15) is 0 Å². The van der Waals surface area contributed by atoms with Crippen molar-refractivity contribution in [1.29, 1.82) is 0 Å². The van der Waals surface area contributed by atoms with E-state index in [9.17, 15) is 19.5 Å². The number of nitrogens with zero attached hydrogens (tertiary/aromatic N) is 2. The van der Waals surface area contributed by atoms with Crippen LogP contribution in [-0.2, 0) is 9.59 Å².